The van der Waals surface area contributed by atoms with Crippen molar-refractivity contribution in [2.45, 2.75) is 13.8 Å². The van der Waals surface area contributed by atoms with E-state index in [1.165, 1.54) is 31.3 Å². The number of nitrogens with zero attached hydrogens (tertiary/aromatic N) is 3. The lowest BCUT2D eigenvalue weighted by atomic mass is 9.97. The second-order valence-corrected chi connectivity index (χ2v) is 10.3. The van der Waals surface area contributed by atoms with Gasteiger partial charge in [0.1, 0.15) is 11.6 Å². The molecule has 0 aliphatic carbocycles. The van der Waals surface area contributed by atoms with Crippen molar-refractivity contribution in [3.63, 3.8) is 0 Å². The van der Waals surface area contributed by atoms with E-state index in [-0.39, 0.29) is 0 Å². The predicted octanol–water partition coefficient (Wildman–Crippen LogP) is 7.79. The third-order valence-corrected chi connectivity index (χ3v) is 8.07. The van der Waals surface area contributed by atoms with Gasteiger partial charge in [-0.25, -0.2) is 9.97 Å². The number of nitrogens with one attached hydrogen (secondary N) is 2. The Balaban J connectivity index is 1.37. The lowest BCUT2D eigenvalue weighted by Gasteiger charge is -2.08. The van der Waals surface area contributed by atoms with Gasteiger partial charge < -0.3 is 9.97 Å². The molecular weight excluding hydrogens is 450 g/mol. The minimum absolute atomic E-state index is 0.916. The van der Waals surface area contributed by atoms with Gasteiger partial charge in [-0.3, -0.25) is 4.98 Å². The van der Waals surface area contributed by atoms with Crippen LogP contribution < -0.4 is 0 Å². The summed E-state index contributed by atoms with van der Waals surface area (Å²) in [6.45, 7) is 4.00. The van der Waals surface area contributed by atoms with E-state index in [2.05, 4.69) is 69.5 Å². The Kier molecular flexibility index (Phi) is 3.62. The van der Waals surface area contributed by atoms with Gasteiger partial charge >= 0.3 is 0 Å². The molecule has 2 N–H and O–H groups in total. The van der Waals surface area contributed by atoms with Crippen LogP contribution in [-0.2, 0) is 0 Å². The van der Waals surface area contributed by atoms with Crippen molar-refractivity contribution in [1.82, 2.24) is 24.9 Å². The van der Waals surface area contributed by atoms with Crippen molar-refractivity contribution in [3.05, 3.63) is 78.5 Å². The number of pyridine rings is 1. The molecule has 0 spiro atoms. The Labute approximate surface area is 203 Å². The molecule has 0 unspecified atom stereocenters. The summed E-state index contributed by atoms with van der Waals surface area (Å²) in [6, 6.07) is 22.0. The average molecular weight is 470 g/mol. The number of hydrogen-bond donors (Lipinski definition) is 2. The van der Waals surface area contributed by atoms with Crippen molar-refractivity contribution >= 4 is 75.3 Å². The summed E-state index contributed by atoms with van der Waals surface area (Å²) < 4.78 is 2.55. The van der Waals surface area contributed by atoms with E-state index in [1.54, 1.807) is 0 Å². The van der Waals surface area contributed by atoms with E-state index in [1.807, 2.05) is 37.4 Å². The van der Waals surface area contributed by atoms with Crippen LogP contribution in [0.3, 0.4) is 0 Å². The van der Waals surface area contributed by atoms with Crippen LogP contribution in [0.4, 0.5) is 0 Å². The number of aromatic amines is 2. The molecule has 0 saturated heterocycles. The number of hydrogen-bond acceptors (Lipinski definition) is 4. The molecule has 0 bridgehead atoms. The summed E-state index contributed by atoms with van der Waals surface area (Å²) in [5.41, 5.74) is 7.55. The molecule has 0 aliphatic heterocycles. The number of thiophene rings is 1. The molecule has 4 aromatic carbocycles. The fraction of sp³-hybridized carbons (Fsp3) is 0.0690. The molecule has 0 fully saturated rings. The first-order valence-electron chi connectivity index (χ1n) is 11.6. The standard InChI is InChI=1S/C29H19N5S/c1-14-31-23-12-21-18-7-5-17(11-25(18)35-26(21)13-24(23)32-14)16-6-8-19-22(10-16)27-20(4-3-9-30-27)29-28(19)33-15(2)34-29/h3-13H,1-2H3,(H,31,32)(H,33,34). The zero-order chi connectivity index (χ0) is 23.3. The Morgan fingerprint density at radius 2 is 1.46 bits per heavy atom. The van der Waals surface area contributed by atoms with E-state index in [4.69, 9.17) is 9.97 Å². The SMILES string of the molecule is Cc1nc2cc3sc4cc(-c5ccc6c(c5)c5ncccc5c5nc(C)[nH]c65)ccc4c3cc2[nH]1. The number of imidazole rings is 2. The minimum Gasteiger partial charge on any atom is -0.342 e. The van der Waals surface area contributed by atoms with Gasteiger partial charge in [0.25, 0.3) is 0 Å². The van der Waals surface area contributed by atoms with Crippen LogP contribution in [0.15, 0.2) is 66.9 Å². The maximum atomic E-state index is 4.75. The molecule has 0 atom stereocenters. The first kappa shape index (κ1) is 19.1. The van der Waals surface area contributed by atoms with Gasteiger partial charge in [0.05, 0.1) is 27.6 Å². The molecule has 0 radical (unpaired) electrons. The molecule has 8 rings (SSSR count). The number of fused-ring (bicyclic) bond motifs is 10. The molecular formula is C29H19N5S. The maximum Gasteiger partial charge on any atom is 0.104 e. The van der Waals surface area contributed by atoms with Crippen molar-refractivity contribution in [3.8, 4) is 11.1 Å². The predicted molar refractivity (Wildman–Crippen MR) is 146 cm³/mol. The van der Waals surface area contributed by atoms with E-state index < -0.39 is 0 Å². The lowest BCUT2D eigenvalue weighted by molar-refractivity contribution is 1.17. The van der Waals surface area contributed by atoms with Gasteiger partial charge in [-0.2, -0.15) is 0 Å². The van der Waals surface area contributed by atoms with Crippen LogP contribution in [0, 0.1) is 13.8 Å². The van der Waals surface area contributed by atoms with Crippen LogP contribution in [0.5, 0.6) is 0 Å². The highest BCUT2D eigenvalue weighted by atomic mass is 32.1. The highest BCUT2D eigenvalue weighted by Gasteiger charge is 2.14. The Hall–Kier alpha value is -4.29. The van der Waals surface area contributed by atoms with Crippen LogP contribution >= 0.6 is 11.3 Å². The van der Waals surface area contributed by atoms with Crippen LogP contribution in [0.25, 0.3) is 75.0 Å². The topological polar surface area (TPSA) is 70.2 Å². The number of aryl methyl sites for hydroxylation is 2. The Bertz CT molecular complexity index is 2140. The number of aromatic nitrogens is 5. The summed E-state index contributed by atoms with van der Waals surface area (Å²) in [4.78, 5) is 20.9. The number of benzene rings is 4. The molecule has 4 heterocycles. The summed E-state index contributed by atoms with van der Waals surface area (Å²) in [6.07, 6.45) is 1.86. The molecule has 5 nitrogen and oxygen atoms in total. The first-order valence-corrected chi connectivity index (χ1v) is 12.4. The molecule has 0 saturated carbocycles. The van der Waals surface area contributed by atoms with Crippen LogP contribution in [0.1, 0.15) is 11.6 Å². The van der Waals surface area contributed by atoms with Crippen molar-refractivity contribution in [1.29, 1.82) is 0 Å². The quantitative estimate of drug-likeness (QED) is 0.241. The highest BCUT2D eigenvalue weighted by molar-refractivity contribution is 7.25. The Morgan fingerprint density at radius 3 is 2.37 bits per heavy atom. The fourth-order valence-corrected chi connectivity index (χ4v) is 6.58. The molecule has 6 heteroatoms. The van der Waals surface area contributed by atoms with Crippen molar-refractivity contribution < 1.29 is 0 Å². The van der Waals surface area contributed by atoms with Gasteiger partial charge in [0.15, 0.2) is 0 Å². The lowest BCUT2D eigenvalue weighted by Crippen LogP contribution is -1.86. The van der Waals surface area contributed by atoms with E-state index >= 15 is 0 Å². The van der Waals surface area contributed by atoms with Gasteiger partial charge in [-0.15, -0.1) is 11.3 Å². The zero-order valence-corrected chi connectivity index (χ0v) is 19.9. The second-order valence-electron chi connectivity index (χ2n) is 9.21. The normalized spacial score (nSPS) is 12.3. The molecule has 35 heavy (non-hydrogen) atoms. The molecule has 4 aromatic heterocycles. The van der Waals surface area contributed by atoms with E-state index in [9.17, 15) is 0 Å². The van der Waals surface area contributed by atoms with Gasteiger partial charge in [0.2, 0.25) is 0 Å². The van der Waals surface area contributed by atoms with Crippen LogP contribution in [-0.4, -0.2) is 24.9 Å². The smallest absolute Gasteiger partial charge is 0.104 e. The Morgan fingerprint density at radius 1 is 0.657 bits per heavy atom. The molecule has 0 aliphatic rings. The first-order chi connectivity index (χ1) is 17.1. The number of rotatable bonds is 1. The average Bonchev–Trinajstić information content (AvgIpc) is 3.54. The third-order valence-electron chi connectivity index (χ3n) is 6.96. The van der Waals surface area contributed by atoms with Gasteiger partial charge in [-0.05, 0) is 61.4 Å². The van der Waals surface area contributed by atoms with Crippen molar-refractivity contribution in [2.75, 3.05) is 0 Å². The summed E-state index contributed by atoms with van der Waals surface area (Å²) >= 11 is 1.83. The van der Waals surface area contributed by atoms with Crippen LogP contribution in [0.2, 0.25) is 0 Å². The summed E-state index contributed by atoms with van der Waals surface area (Å²) in [5.74, 6) is 1.86. The molecule has 0 amide bonds. The monoisotopic (exact) mass is 469 g/mol. The summed E-state index contributed by atoms with van der Waals surface area (Å²) in [7, 11) is 0. The van der Waals surface area contributed by atoms with E-state index in [0.29, 0.717) is 0 Å². The largest absolute Gasteiger partial charge is 0.342 e. The number of H-pyrrole nitrogens is 2. The molecule has 8 aromatic rings. The van der Waals surface area contributed by atoms with E-state index in [0.717, 1.165) is 55.4 Å². The third kappa shape index (κ3) is 2.65. The maximum absolute atomic E-state index is 4.75. The minimum atomic E-state index is 0.916. The van der Waals surface area contributed by atoms with Gasteiger partial charge in [0, 0.05) is 42.5 Å². The highest BCUT2D eigenvalue weighted by Crippen LogP contribution is 2.39. The van der Waals surface area contributed by atoms with Gasteiger partial charge in [-0.1, -0.05) is 24.3 Å². The zero-order valence-electron chi connectivity index (χ0n) is 19.1. The fourth-order valence-electron chi connectivity index (χ4n) is 5.42. The van der Waals surface area contributed by atoms with Crippen molar-refractivity contribution in [2.24, 2.45) is 0 Å². The second kappa shape index (κ2) is 6.64. The summed E-state index contributed by atoms with van der Waals surface area (Å²) in [5, 5.41) is 5.93. The molecule has 166 valence electrons.